The van der Waals surface area contributed by atoms with Gasteiger partial charge in [0.1, 0.15) is 6.04 Å². The summed E-state index contributed by atoms with van der Waals surface area (Å²) in [6.45, 7) is 3.26. The number of anilines is 1. The summed E-state index contributed by atoms with van der Waals surface area (Å²) < 4.78 is 42.9. The molecule has 2 heterocycles. The van der Waals surface area contributed by atoms with E-state index in [1.54, 1.807) is 0 Å². The molecule has 0 aromatic heterocycles. The van der Waals surface area contributed by atoms with Gasteiger partial charge in [0.05, 0.1) is 10.4 Å². The van der Waals surface area contributed by atoms with Gasteiger partial charge in [-0.25, -0.2) is 4.79 Å². The van der Waals surface area contributed by atoms with E-state index in [0.717, 1.165) is 24.3 Å². The second-order valence-corrected chi connectivity index (χ2v) is 8.41. The number of benzene rings is 1. The summed E-state index contributed by atoms with van der Waals surface area (Å²) in [4.78, 5) is 37.9. The van der Waals surface area contributed by atoms with Gasteiger partial charge in [-0.2, -0.15) is 13.2 Å². The number of carbonyl (C=O) groups is 3. The van der Waals surface area contributed by atoms with Crippen LogP contribution in [-0.4, -0.2) is 45.5 Å². The Balaban J connectivity index is 1.58. The number of hydrogen-bond acceptors (Lipinski definition) is 5. The summed E-state index contributed by atoms with van der Waals surface area (Å²) in [7, 11) is 0. The number of amides is 2. The standard InChI is InChI=1S/C18H19F3N2O4S/c1-10(15(25)22-12-5-3-11(4-6-12)18(19,20)21)27-16(26)13-9-28-17(2)8-7-14(24)23(13)17/h3-6,10,13H,7-9H2,1-2H3,(H,22,25)/t10-,13-,17+/m1/s1. The summed E-state index contributed by atoms with van der Waals surface area (Å²) in [5.74, 6) is -1.05. The summed E-state index contributed by atoms with van der Waals surface area (Å²) in [5, 5.41) is 2.41. The highest BCUT2D eigenvalue weighted by atomic mass is 32.2. The topological polar surface area (TPSA) is 75.7 Å². The third-order valence-corrected chi connectivity index (χ3v) is 6.36. The van der Waals surface area contributed by atoms with Crippen LogP contribution in [0.15, 0.2) is 24.3 Å². The Labute approximate surface area is 163 Å². The molecule has 6 nitrogen and oxygen atoms in total. The molecule has 2 amide bonds. The third kappa shape index (κ3) is 3.96. The van der Waals surface area contributed by atoms with Crippen LogP contribution in [0.1, 0.15) is 32.3 Å². The van der Waals surface area contributed by atoms with Crippen molar-refractivity contribution in [1.29, 1.82) is 0 Å². The maximum Gasteiger partial charge on any atom is 0.416 e. The summed E-state index contributed by atoms with van der Waals surface area (Å²) >= 11 is 1.51. The van der Waals surface area contributed by atoms with Crippen molar-refractivity contribution >= 4 is 35.2 Å². The van der Waals surface area contributed by atoms with E-state index in [4.69, 9.17) is 4.74 Å². The van der Waals surface area contributed by atoms with Gasteiger partial charge in [0.15, 0.2) is 6.10 Å². The number of carbonyl (C=O) groups excluding carboxylic acids is 3. The first-order chi connectivity index (χ1) is 13.0. The van der Waals surface area contributed by atoms with E-state index in [1.165, 1.54) is 23.6 Å². The van der Waals surface area contributed by atoms with Gasteiger partial charge >= 0.3 is 12.1 Å². The van der Waals surface area contributed by atoms with Crippen LogP contribution >= 0.6 is 11.8 Å². The van der Waals surface area contributed by atoms with Crippen LogP contribution < -0.4 is 5.32 Å². The fourth-order valence-electron chi connectivity index (χ4n) is 3.29. The molecule has 3 rings (SSSR count). The van der Waals surface area contributed by atoms with Crippen molar-refractivity contribution in [2.24, 2.45) is 0 Å². The summed E-state index contributed by atoms with van der Waals surface area (Å²) in [6, 6.07) is 3.20. The number of alkyl halides is 3. The normalized spacial score (nSPS) is 25.4. The first-order valence-corrected chi connectivity index (χ1v) is 9.64. The highest BCUT2D eigenvalue weighted by Gasteiger charge is 2.53. The lowest BCUT2D eigenvalue weighted by Crippen LogP contribution is -2.48. The Hall–Kier alpha value is -2.23. The van der Waals surface area contributed by atoms with Gasteiger partial charge in [-0.05, 0) is 44.5 Å². The zero-order valence-corrected chi connectivity index (χ0v) is 16.0. The molecule has 0 radical (unpaired) electrons. The average molecular weight is 416 g/mol. The van der Waals surface area contributed by atoms with Gasteiger partial charge < -0.3 is 15.0 Å². The summed E-state index contributed by atoms with van der Waals surface area (Å²) in [6.07, 6.45) is -4.60. The van der Waals surface area contributed by atoms with E-state index in [-0.39, 0.29) is 11.6 Å². The molecule has 0 bridgehead atoms. The largest absolute Gasteiger partial charge is 0.451 e. The number of rotatable bonds is 4. The molecular formula is C18H19F3N2O4S. The number of fused-ring (bicyclic) bond motifs is 1. The van der Waals surface area contributed by atoms with Gasteiger partial charge in [-0.15, -0.1) is 11.8 Å². The van der Waals surface area contributed by atoms with E-state index in [2.05, 4.69) is 5.32 Å². The van der Waals surface area contributed by atoms with Crippen molar-refractivity contribution in [3.05, 3.63) is 29.8 Å². The first-order valence-electron chi connectivity index (χ1n) is 8.66. The zero-order valence-electron chi connectivity index (χ0n) is 15.2. The molecule has 0 spiro atoms. The first kappa shape index (κ1) is 20.5. The molecule has 10 heteroatoms. The highest BCUT2D eigenvalue weighted by molar-refractivity contribution is 8.01. The molecule has 1 aromatic rings. The second-order valence-electron chi connectivity index (χ2n) is 6.91. The molecular weight excluding hydrogens is 397 g/mol. The minimum Gasteiger partial charge on any atom is -0.451 e. The van der Waals surface area contributed by atoms with Crippen LogP contribution in [0.25, 0.3) is 0 Å². The van der Waals surface area contributed by atoms with E-state index < -0.39 is 40.6 Å². The van der Waals surface area contributed by atoms with Gasteiger partial charge in [0.2, 0.25) is 5.91 Å². The molecule has 2 aliphatic heterocycles. The summed E-state index contributed by atoms with van der Waals surface area (Å²) in [5.41, 5.74) is -0.679. The molecule has 152 valence electrons. The molecule has 2 aliphatic rings. The monoisotopic (exact) mass is 416 g/mol. The average Bonchev–Trinajstić information content (AvgIpc) is 3.10. The number of nitrogens with one attached hydrogen (secondary N) is 1. The Kier molecular flexibility index (Phi) is 5.35. The Morgan fingerprint density at radius 1 is 1.32 bits per heavy atom. The molecule has 0 aliphatic carbocycles. The lowest BCUT2D eigenvalue weighted by atomic mass is 10.2. The van der Waals surface area contributed by atoms with Crippen LogP contribution in [0, 0.1) is 0 Å². The Morgan fingerprint density at radius 2 is 1.96 bits per heavy atom. The van der Waals surface area contributed by atoms with Crippen LogP contribution in [0.4, 0.5) is 18.9 Å². The van der Waals surface area contributed by atoms with Gasteiger partial charge in [0, 0.05) is 17.9 Å². The number of hydrogen-bond donors (Lipinski definition) is 1. The lowest BCUT2D eigenvalue weighted by Gasteiger charge is -2.29. The zero-order chi connectivity index (χ0) is 20.7. The van der Waals surface area contributed by atoms with E-state index in [9.17, 15) is 27.6 Å². The maximum absolute atomic E-state index is 12.6. The van der Waals surface area contributed by atoms with Gasteiger partial charge in [-0.1, -0.05) is 0 Å². The minimum absolute atomic E-state index is 0.115. The fraction of sp³-hybridized carbons (Fsp3) is 0.500. The van der Waals surface area contributed by atoms with E-state index in [0.29, 0.717) is 18.6 Å². The molecule has 0 unspecified atom stereocenters. The van der Waals surface area contributed by atoms with Crippen LogP contribution in [0.3, 0.4) is 0 Å². The molecule has 2 fully saturated rings. The van der Waals surface area contributed by atoms with Crippen molar-refractivity contribution in [3.63, 3.8) is 0 Å². The quantitative estimate of drug-likeness (QED) is 0.764. The minimum atomic E-state index is -4.47. The highest BCUT2D eigenvalue weighted by Crippen LogP contribution is 2.47. The van der Waals surface area contributed by atoms with Crippen LogP contribution in [0.5, 0.6) is 0 Å². The smallest absolute Gasteiger partial charge is 0.416 e. The SMILES string of the molecule is C[C@@H](OC(=O)[C@H]1CS[C@@]2(C)CCC(=O)N12)C(=O)Nc1ccc(C(F)(F)F)cc1. The third-order valence-electron chi connectivity index (χ3n) is 4.86. The van der Waals surface area contributed by atoms with Crippen molar-refractivity contribution in [1.82, 2.24) is 4.90 Å². The molecule has 1 N–H and O–H groups in total. The number of ether oxygens (including phenoxy) is 1. The molecule has 2 saturated heterocycles. The van der Waals surface area contributed by atoms with Gasteiger partial charge in [0.25, 0.3) is 5.91 Å². The lowest BCUT2D eigenvalue weighted by molar-refractivity contribution is -0.160. The van der Waals surface area contributed by atoms with E-state index >= 15 is 0 Å². The number of thioether (sulfide) groups is 1. The number of esters is 1. The van der Waals surface area contributed by atoms with Crippen LogP contribution in [0.2, 0.25) is 0 Å². The Morgan fingerprint density at radius 3 is 2.57 bits per heavy atom. The fourth-order valence-corrected chi connectivity index (χ4v) is 4.70. The molecule has 3 atom stereocenters. The molecule has 1 aromatic carbocycles. The van der Waals surface area contributed by atoms with Crippen LogP contribution in [-0.2, 0) is 25.3 Å². The maximum atomic E-state index is 12.6. The van der Waals surface area contributed by atoms with E-state index in [1.807, 2.05) is 6.92 Å². The van der Waals surface area contributed by atoms with Crippen molar-refractivity contribution in [2.45, 2.75) is 49.9 Å². The van der Waals surface area contributed by atoms with Gasteiger partial charge in [-0.3, -0.25) is 9.59 Å². The number of nitrogens with zero attached hydrogens (tertiary/aromatic N) is 1. The van der Waals surface area contributed by atoms with Crippen molar-refractivity contribution < 1.29 is 32.3 Å². The predicted octanol–water partition coefficient (Wildman–Crippen LogP) is 3.03. The number of halogens is 3. The molecule has 0 saturated carbocycles. The van der Waals surface area contributed by atoms with Crippen molar-refractivity contribution in [3.8, 4) is 0 Å². The molecule has 28 heavy (non-hydrogen) atoms. The predicted molar refractivity (Wildman–Crippen MR) is 96.4 cm³/mol. The second kappa shape index (κ2) is 7.31. The van der Waals surface area contributed by atoms with Crippen molar-refractivity contribution in [2.75, 3.05) is 11.1 Å². The Bertz CT molecular complexity index is 799.